The van der Waals surface area contributed by atoms with Gasteiger partial charge >= 0.3 is 0 Å². The highest BCUT2D eigenvalue weighted by Gasteiger charge is 2.25. The van der Waals surface area contributed by atoms with E-state index in [4.69, 9.17) is 19.7 Å². The Bertz CT molecular complexity index is 765. The molecular formula is C12H13N3O5S. The monoisotopic (exact) mass is 311 g/mol. The van der Waals surface area contributed by atoms with Crippen molar-refractivity contribution in [3.05, 3.63) is 24.0 Å². The molecule has 2 aromatic rings. The van der Waals surface area contributed by atoms with Crippen LogP contribution in [0.3, 0.4) is 0 Å². The van der Waals surface area contributed by atoms with Crippen LogP contribution in [0.25, 0.3) is 0 Å². The van der Waals surface area contributed by atoms with E-state index in [1.807, 2.05) is 0 Å². The summed E-state index contributed by atoms with van der Waals surface area (Å²) in [5.41, 5.74) is 5.86. The summed E-state index contributed by atoms with van der Waals surface area (Å²) < 4.78 is 42.6. The van der Waals surface area contributed by atoms with Crippen molar-refractivity contribution in [2.75, 3.05) is 23.7 Å². The second-order valence-electron chi connectivity index (χ2n) is 4.42. The minimum atomic E-state index is -3.89. The summed E-state index contributed by atoms with van der Waals surface area (Å²) in [7, 11) is -3.89. The summed E-state index contributed by atoms with van der Waals surface area (Å²) >= 11 is 0. The van der Waals surface area contributed by atoms with Gasteiger partial charge in [-0.1, -0.05) is 5.16 Å². The SMILES string of the molecule is Cc1onc(N)c1S(=O)(=O)Nc1ccc2c(c1)OCCO2. The van der Waals surface area contributed by atoms with Crippen molar-refractivity contribution in [2.24, 2.45) is 0 Å². The molecule has 1 aromatic carbocycles. The maximum Gasteiger partial charge on any atom is 0.269 e. The van der Waals surface area contributed by atoms with Crippen molar-refractivity contribution in [1.82, 2.24) is 5.16 Å². The summed E-state index contributed by atoms with van der Waals surface area (Å²) in [5.74, 6) is 0.997. The number of nitrogens with one attached hydrogen (secondary N) is 1. The Labute approximate surface area is 120 Å². The van der Waals surface area contributed by atoms with Crippen molar-refractivity contribution >= 4 is 21.5 Å². The molecule has 2 heterocycles. The molecule has 0 spiro atoms. The standard InChI is InChI=1S/C12H13N3O5S/c1-7-11(12(13)14-20-7)21(16,17)15-8-2-3-9-10(6-8)19-5-4-18-9/h2-3,6,15H,4-5H2,1H3,(H2,13,14). The van der Waals surface area contributed by atoms with Crippen molar-refractivity contribution in [3.63, 3.8) is 0 Å². The second-order valence-corrected chi connectivity index (χ2v) is 6.04. The van der Waals surface area contributed by atoms with Gasteiger partial charge in [-0.15, -0.1) is 0 Å². The van der Waals surface area contributed by atoms with Crippen LogP contribution in [0.15, 0.2) is 27.6 Å². The zero-order valence-electron chi connectivity index (χ0n) is 11.1. The molecule has 3 N–H and O–H groups in total. The van der Waals surface area contributed by atoms with Gasteiger partial charge in [0.25, 0.3) is 10.0 Å². The molecule has 0 atom stereocenters. The lowest BCUT2D eigenvalue weighted by Gasteiger charge is -2.19. The Morgan fingerprint density at radius 3 is 2.62 bits per heavy atom. The number of benzene rings is 1. The van der Waals surface area contributed by atoms with Gasteiger partial charge < -0.3 is 19.7 Å². The summed E-state index contributed by atoms with van der Waals surface area (Å²) in [5, 5.41) is 3.43. The van der Waals surface area contributed by atoms with Gasteiger partial charge in [0, 0.05) is 6.07 Å². The van der Waals surface area contributed by atoms with Gasteiger partial charge in [0.05, 0.1) is 5.69 Å². The topological polar surface area (TPSA) is 117 Å². The van der Waals surface area contributed by atoms with Crippen molar-refractivity contribution in [2.45, 2.75) is 11.8 Å². The first kappa shape index (κ1) is 13.6. The van der Waals surface area contributed by atoms with E-state index in [-0.39, 0.29) is 16.5 Å². The fraction of sp³-hybridized carbons (Fsp3) is 0.250. The quantitative estimate of drug-likeness (QED) is 0.872. The molecular weight excluding hydrogens is 298 g/mol. The molecule has 0 saturated heterocycles. The number of nitrogens with two attached hydrogens (primary N) is 1. The number of nitrogen functional groups attached to an aromatic ring is 1. The molecule has 0 amide bonds. The van der Waals surface area contributed by atoms with E-state index >= 15 is 0 Å². The predicted octanol–water partition coefficient (Wildman–Crippen LogP) is 1.14. The average Bonchev–Trinajstić information content (AvgIpc) is 2.78. The fourth-order valence-corrected chi connectivity index (χ4v) is 3.29. The van der Waals surface area contributed by atoms with E-state index in [0.717, 1.165) is 0 Å². The molecule has 0 fully saturated rings. The summed E-state index contributed by atoms with van der Waals surface area (Å²) in [4.78, 5) is -0.169. The lowest BCUT2D eigenvalue weighted by Crippen LogP contribution is -2.17. The number of anilines is 2. The second kappa shape index (κ2) is 4.85. The van der Waals surface area contributed by atoms with Crippen LogP contribution in [0.4, 0.5) is 11.5 Å². The highest BCUT2D eigenvalue weighted by molar-refractivity contribution is 7.93. The molecule has 0 bridgehead atoms. The first-order chi connectivity index (χ1) is 9.97. The average molecular weight is 311 g/mol. The highest BCUT2D eigenvalue weighted by Crippen LogP contribution is 2.33. The van der Waals surface area contributed by atoms with E-state index in [1.54, 1.807) is 18.2 Å². The third kappa shape index (κ3) is 2.47. The number of nitrogens with zero attached hydrogens (tertiary/aromatic N) is 1. The van der Waals surface area contributed by atoms with E-state index in [2.05, 4.69) is 9.88 Å². The van der Waals surface area contributed by atoms with Gasteiger partial charge in [0.1, 0.15) is 13.2 Å². The van der Waals surface area contributed by atoms with Gasteiger partial charge in [-0.25, -0.2) is 8.42 Å². The van der Waals surface area contributed by atoms with Crippen LogP contribution in [0.5, 0.6) is 11.5 Å². The number of aryl methyl sites for hydroxylation is 1. The van der Waals surface area contributed by atoms with Gasteiger partial charge in [0.15, 0.2) is 28.0 Å². The lowest BCUT2D eigenvalue weighted by atomic mass is 10.3. The van der Waals surface area contributed by atoms with Crippen LogP contribution < -0.4 is 19.9 Å². The van der Waals surface area contributed by atoms with Gasteiger partial charge in [0.2, 0.25) is 0 Å². The van der Waals surface area contributed by atoms with Crippen LogP contribution in [0, 0.1) is 6.92 Å². The maximum absolute atomic E-state index is 12.3. The smallest absolute Gasteiger partial charge is 0.269 e. The first-order valence-corrected chi connectivity index (χ1v) is 7.60. The number of hydrogen-bond acceptors (Lipinski definition) is 7. The Morgan fingerprint density at radius 2 is 1.95 bits per heavy atom. The Kier molecular flexibility index (Phi) is 3.13. The zero-order chi connectivity index (χ0) is 15.0. The largest absolute Gasteiger partial charge is 0.486 e. The highest BCUT2D eigenvalue weighted by atomic mass is 32.2. The number of hydrogen-bond donors (Lipinski definition) is 2. The third-order valence-electron chi connectivity index (χ3n) is 2.90. The Hall–Kier alpha value is -2.42. The van der Waals surface area contributed by atoms with Gasteiger partial charge in [-0.3, -0.25) is 4.72 Å². The first-order valence-electron chi connectivity index (χ1n) is 6.11. The molecule has 0 radical (unpaired) electrons. The molecule has 8 nitrogen and oxygen atoms in total. The molecule has 0 saturated carbocycles. The molecule has 0 aliphatic carbocycles. The minimum absolute atomic E-state index is 0.123. The van der Waals surface area contributed by atoms with E-state index in [0.29, 0.717) is 30.4 Å². The van der Waals surface area contributed by atoms with Gasteiger partial charge in [-0.05, 0) is 19.1 Å². The van der Waals surface area contributed by atoms with Crippen LogP contribution in [-0.2, 0) is 10.0 Å². The van der Waals surface area contributed by atoms with E-state index < -0.39 is 10.0 Å². The van der Waals surface area contributed by atoms with Crippen molar-refractivity contribution in [3.8, 4) is 11.5 Å². The number of fused-ring (bicyclic) bond motifs is 1. The Morgan fingerprint density at radius 1 is 1.24 bits per heavy atom. The summed E-state index contributed by atoms with van der Waals surface area (Å²) in [6.45, 7) is 2.36. The van der Waals surface area contributed by atoms with Crippen LogP contribution in [-0.4, -0.2) is 26.8 Å². The minimum Gasteiger partial charge on any atom is -0.486 e. The van der Waals surface area contributed by atoms with E-state index in [9.17, 15) is 8.42 Å². The van der Waals surface area contributed by atoms with Crippen molar-refractivity contribution < 1.29 is 22.4 Å². The predicted molar refractivity (Wildman–Crippen MR) is 73.9 cm³/mol. The number of aromatic nitrogens is 1. The fourth-order valence-electron chi connectivity index (χ4n) is 2.02. The lowest BCUT2D eigenvalue weighted by molar-refractivity contribution is 0.171. The molecule has 3 rings (SSSR count). The summed E-state index contributed by atoms with van der Waals surface area (Å²) in [6.07, 6.45) is 0. The molecule has 1 aromatic heterocycles. The van der Waals surface area contributed by atoms with Crippen molar-refractivity contribution in [1.29, 1.82) is 0 Å². The molecule has 9 heteroatoms. The number of ether oxygens (including phenoxy) is 2. The maximum atomic E-state index is 12.3. The zero-order valence-corrected chi connectivity index (χ0v) is 11.9. The molecule has 1 aliphatic heterocycles. The molecule has 0 unspecified atom stereocenters. The molecule has 1 aliphatic rings. The Balaban J connectivity index is 1.93. The summed E-state index contributed by atoms with van der Waals surface area (Å²) in [6, 6.07) is 4.76. The van der Waals surface area contributed by atoms with Crippen LogP contribution >= 0.6 is 0 Å². The molecule has 21 heavy (non-hydrogen) atoms. The number of rotatable bonds is 3. The van der Waals surface area contributed by atoms with E-state index in [1.165, 1.54) is 6.92 Å². The van der Waals surface area contributed by atoms with Gasteiger partial charge in [-0.2, -0.15) is 0 Å². The molecule has 112 valence electrons. The third-order valence-corrected chi connectivity index (χ3v) is 4.43. The van der Waals surface area contributed by atoms with Crippen LogP contribution in [0.1, 0.15) is 5.76 Å². The number of sulfonamides is 1. The normalized spacial score (nSPS) is 14.0. The van der Waals surface area contributed by atoms with Crippen LogP contribution in [0.2, 0.25) is 0 Å².